The maximum atomic E-state index is 12.4. The minimum Gasteiger partial charge on any atom is -0.481 e. The van der Waals surface area contributed by atoms with Crippen LogP contribution in [0.2, 0.25) is 0 Å². The van der Waals surface area contributed by atoms with Crippen LogP contribution in [0, 0.1) is 0 Å². The number of carbonyl (C=O) groups excluding carboxylic acids is 1. The third-order valence-corrected chi connectivity index (χ3v) is 4.39. The lowest BCUT2D eigenvalue weighted by Gasteiger charge is -2.35. The molecule has 1 heterocycles. The molecule has 5 nitrogen and oxygen atoms in total. The number of para-hydroxylation sites is 1. The third-order valence-electron chi connectivity index (χ3n) is 3.69. The molecular weight excluding hydrogens is 336 g/mol. The van der Waals surface area contributed by atoms with Gasteiger partial charge in [0.05, 0.1) is 5.69 Å². The van der Waals surface area contributed by atoms with Gasteiger partial charge < -0.3 is 15.3 Å². The molecule has 1 atom stereocenters. The summed E-state index contributed by atoms with van der Waals surface area (Å²) in [6, 6.07) is 7.30. The Morgan fingerprint density at radius 3 is 2.81 bits per heavy atom. The van der Waals surface area contributed by atoms with Crippen molar-refractivity contribution in [1.29, 1.82) is 0 Å². The highest BCUT2D eigenvalue weighted by atomic mass is 79.9. The lowest BCUT2D eigenvalue weighted by Crippen LogP contribution is -2.46. The van der Waals surface area contributed by atoms with Crippen molar-refractivity contribution in [3.05, 3.63) is 28.7 Å². The van der Waals surface area contributed by atoms with E-state index in [1.807, 2.05) is 24.3 Å². The molecule has 1 aliphatic rings. The molecule has 2 amide bonds. The van der Waals surface area contributed by atoms with E-state index < -0.39 is 5.97 Å². The van der Waals surface area contributed by atoms with Crippen LogP contribution < -0.4 is 5.32 Å². The van der Waals surface area contributed by atoms with E-state index in [0.29, 0.717) is 13.0 Å². The topological polar surface area (TPSA) is 69.6 Å². The van der Waals surface area contributed by atoms with E-state index in [0.717, 1.165) is 29.4 Å². The Bertz CT molecular complexity index is 521. The number of halogens is 1. The Morgan fingerprint density at radius 2 is 2.10 bits per heavy atom. The molecule has 0 aliphatic carbocycles. The molecular formula is C15H19BrN2O3. The number of aliphatic carboxylic acids is 1. The highest BCUT2D eigenvalue weighted by Gasteiger charge is 2.27. The smallest absolute Gasteiger partial charge is 0.322 e. The van der Waals surface area contributed by atoms with E-state index in [-0.39, 0.29) is 18.5 Å². The Labute approximate surface area is 132 Å². The van der Waals surface area contributed by atoms with Gasteiger partial charge in [-0.25, -0.2) is 4.79 Å². The van der Waals surface area contributed by atoms with Crippen molar-refractivity contribution in [2.45, 2.75) is 38.1 Å². The summed E-state index contributed by atoms with van der Waals surface area (Å²) in [6.07, 6.45) is 3.49. The molecule has 1 unspecified atom stereocenters. The fraction of sp³-hybridized carbons (Fsp3) is 0.467. The van der Waals surface area contributed by atoms with Crippen molar-refractivity contribution < 1.29 is 14.7 Å². The number of rotatable bonds is 4. The first-order chi connectivity index (χ1) is 10.1. The van der Waals surface area contributed by atoms with Crippen molar-refractivity contribution >= 4 is 33.6 Å². The summed E-state index contributed by atoms with van der Waals surface area (Å²) >= 11 is 3.40. The fourth-order valence-electron chi connectivity index (χ4n) is 2.61. The summed E-state index contributed by atoms with van der Waals surface area (Å²) in [6.45, 7) is 0.681. The number of anilines is 1. The van der Waals surface area contributed by atoms with Gasteiger partial charge in [-0.1, -0.05) is 12.1 Å². The number of hydrogen-bond donors (Lipinski definition) is 2. The van der Waals surface area contributed by atoms with Crippen LogP contribution in [0.5, 0.6) is 0 Å². The maximum Gasteiger partial charge on any atom is 0.322 e. The zero-order valence-corrected chi connectivity index (χ0v) is 13.3. The minimum absolute atomic E-state index is 0.0114. The standard InChI is InChI=1S/C15H19BrN2O3/c16-12-6-1-2-7-13(12)17-15(21)18-10-4-3-5-11(18)8-9-14(19)20/h1-2,6-7,11H,3-5,8-10H2,(H,17,21)(H,19,20). The Morgan fingerprint density at radius 1 is 1.33 bits per heavy atom. The molecule has 2 rings (SSSR count). The summed E-state index contributed by atoms with van der Waals surface area (Å²) in [4.78, 5) is 24.9. The van der Waals surface area contributed by atoms with E-state index in [1.165, 1.54) is 0 Å². The van der Waals surface area contributed by atoms with Gasteiger partial charge in [-0.3, -0.25) is 4.79 Å². The number of carboxylic acids is 1. The van der Waals surface area contributed by atoms with E-state index in [4.69, 9.17) is 5.11 Å². The molecule has 21 heavy (non-hydrogen) atoms. The number of carbonyl (C=O) groups is 2. The van der Waals surface area contributed by atoms with Crippen molar-refractivity contribution in [3.63, 3.8) is 0 Å². The molecule has 1 aromatic carbocycles. The van der Waals surface area contributed by atoms with Gasteiger partial charge in [-0.2, -0.15) is 0 Å². The first-order valence-corrected chi connectivity index (χ1v) is 7.91. The Hall–Kier alpha value is -1.56. The number of urea groups is 1. The van der Waals surface area contributed by atoms with Gasteiger partial charge >= 0.3 is 12.0 Å². The lowest BCUT2D eigenvalue weighted by molar-refractivity contribution is -0.137. The van der Waals surface area contributed by atoms with Gasteiger partial charge in [0.15, 0.2) is 0 Å². The van der Waals surface area contributed by atoms with E-state index in [2.05, 4.69) is 21.2 Å². The van der Waals surface area contributed by atoms with Gasteiger partial charge in [-0.15, -0.1) is 0 Å². The second-order valence-corrected chi connectivity index (χ2v) is 6.04. The Kier molecular flexibility index (Phi) is 5.61. The number of piperidine rings is 1. The van der Waals surface area contributed by atoms with Gasteiger partial charge in [0.2, 0.25) is 0 Å². The largest absolute Gasteiger partial charge is 0.481 e. The molecule has 1 aliphatic heterocycles. The molecule has 0 bridgehead atoms. The van der Waals surface area contributed by atoms with Gasteiger partial charge in [0, 0.05) is 23.5 Å². The SMILES string of the molecule is O=C(O)CCC1CCCCN1C(=O)Nc1ccccc1Br. The quantitative estimate of drug-likeness (QED) is 0.865. The fourth-order valence-corrected chi connectivity index (χ4v) is 2.99. The summed E-state index contributed by atoms with van der Waals surface area (Å²) in [5, 5.41) is 11.7. The zero-order chi connectivity index (χ0) is 15.2. The van der Waals surface area contributed by atoms with Gasteiger partial charge in [-0.05, 0) is 53.7 Å². The van der Waals surface area contributed by atoms with E-state index in [1.54, 1.807) is 4.90 Å². The van der Waals surface area contributed by atoms with Crippen LogP contribution in [0.4, 0.5) is 10.5 Å². The minimum atomic E-state index is -0.813. The van der Waals surface area contributed by atoms with Gasteiger partial charge in [0.1, 0.15) is 0 Å². The van der Waals surface area contributed by atoms with Crippen LogP contribution in [0.3, 0.4) is 0 Å². The molecule has 0 spiro atoms. The normalized spacial score (nSPS) is 18.3. The monoisotopic (exact) mass is 354 g/mol. The van der Waals surface area contributed by atoms with Crippen molar-refractivity contribution in [2.75, 3.05) is 11.9 Å². The van der Waals surface area contributed by atoms with Crippen LogP contribution in [0.25, 0.3) is 0 Å². The highest BCUT2D eigenvalue weighted by molar-refractivity contribution is 9.10. The number of hydrogen-bond acceptors (Lipinski definition) is 2. The summed E-state index contributed by atoms with van der Waals surface area (Å²) in [5.41, 5.74) is 0.727. The molecule has 1 saturated heterocycles. The molecule has 2 N–H and O–H groups in total. The Balaban J connectivity index is 2.01. The number of carboxylic acid groups (broad SMARTS) is 1. The first-order valence-electron chi connectivity index (χ1n) is 7.12. The summed E-state index contributed by atoms with van der Waals surface area (Å²) < 4.78 is 0.831. The van der Waals surface area contributed by atoms with Crippen LogP contribution in [0.15, 0.2) is 28.7 Å². The second kappa shape index (κ2) is 7.45. The van der Waals surface area contributed by atoms with Crippen molar-refractivity contribution in [3.8, 4) is 0 Å². The summed E-state index contributed by atoms with van der Waals surface area (Å²) in [7, 11) is 0. The van der Waals surface area contributed by atoms with Gasteiger partial charge in [0.25, 0.3) is 0 Å². The summed E-state index contributed by atoms with van der Waals surface area (Å²) in [5.74, 6) is -0.813. The molecule has 6 heteroatoms. The third kappa shape index (κ3) is 4.46. The molecule has 1 aromatic rings. The molecule has 0 aromatic heterocycles. The first kappa shape index (κ1) is 15.8. The molecule has 0 radical (unpaired) electrons. The van der Waals surface area contributed by atoms with Crippen molar-refractivity contribution in [1.82, 2.24) is 4.90 Å². The zero-order valence-electron chi connectivity index (χ0n) is 11.7. The maximum absolute atomic E-state index is 12.4. The second-order valence-electron chi connectivity index (χ2n) is 5.19. The average Bonchev–Trinajstić information content (AvgIpc) is 2.47. The van der Waals surface area contributed by atoms with Crippen LogP contribution in [-0.2, 0) is 4.79 Å². The van der Waals surface area contributed by atoms with Crippen LogP contribution >= 0.6 is 15.9 Å². The molecule has 1 fully saturated rings. The number of likely N-dealkylation sites (tertiary alicyclic amines) is 1. The van der Waals surface area contributed by atoms with Crippen LogP contribution in [-0.4, -0.2) is 34.6 Å². The lowest BCUT2D eigenvalue weighted by atomic mass is 9.98. The predicted octanol–water partition coefficient (Wildman–Crippen LogP) is 3.70. The molecule has 114 valence electrons. The number of nitrogens with zero attached hydrogens (tertiary/aromatic N) is 1. The van der Waals surface area contributed by atoms with E-state index >= 15 is 0 Å². The predicted molar refractivity (Wildman–Crippen MR) is 84.4 cm³/mol. The number of amides is 2. The average molecular weight is 355 g/mol. The molecule has 0 saturated carbocycles. The number of nitrogens with one attached hydrogen (secondary N) is 1. The van der Waals surface area contributed by atoms with E-state index in [9.17, 15) is 9.59 Å². The van der Waals surface area contributed by atoms with Crippen LogP contribution in [0.1, 0.15) is 32.1 Å². The highest BCUT2D eigenvalue weighted by Crippen LogP contribution is 2.25. The number of benzene rings is 1. The van der Waals surface area contributed by atoms with Crippen molar-refractivity contribution in [2.24, 2.45) is 0 Å².